The molecule has 434 valence electrons. The fraction of sp³-hybridized carbons (Fsp3) is 0.610. The summed E-state index contributed by atoms with van der Waals surface area (Å²) in [6, 6.07) is 3.17. The van der Waals surface area contributed by atoms with Gasteiger partial charge >= 0.3 is 0 Å². The van der Waals surface area contributed by atoms with E-state index in [9.17, 15) is 37.2 Å². The normalized spacial score (nSPS) is 19.5. The molecule has 5 atom stereocenters. The molecule has 9 N–H and O–H groups in total. The Morgan fingerprint density at radius 1 is 0.823 bits per heavy atom. The standard InChI is InChI=1S/C59H88N10O9S/c1-10-12-14-23-44(60)51(70)64-46(35-42-22-16-21-41(34-42)33-37(3)4)55(74)69-32-19-26-48(69)53(72)66-59(27-20-28-59)56(75)65-45(54(73)68-31-18-25-47(68)52(71)62-29-15-13-11-2)24-17-30-63-57(61)67-79(76,77)50-39(6)38(5)49-43(40(50)7)36-58(8,9)78-49/h10-11,16,21-22,34,37,44-48H,1-2,12-15,17-20,23-33,35-36,60H2,3-9H3,(H,62,71)(H,64,70)(H,65,75)(H,66,72)(H3,61,63,67)/t44-,45-,46-,47-,48-/m0/s1. The van der Waals surface area contributed by atoms with Gasteiger partial charge in [-0.15, -0.1) is 13.2 Å². The zero-order valence-electron chi connectivity index (χ0n) is 47.8. The number of sulfonamides is 1. The van der Waals surface area contributed by atoms with Gasteiger partial charge in [-0.05, 0) is 165 Å². The third-order valence-corrected chi connectivity index (χ3v) is 17.5. The van der Waals surface area contributed by atoms with E-state index in [4.69, 9.17) is 16.2 Å². The van der Waals surface area contributed by atoms with Crippen molar-refractivity contribution < 1.29 is 41.9 Å². The molecule has 0 bridgehead atoms. The van der Waals surface area contributed by atoms with Crippen LogP contribution < -0.4 is 42.2 Å². The van der Waals surface area contributed by atoms with Gasteiger partial charge in [0.15, 0.2) is 0 Å². The number of nitrogens with zero attached hydrogens (tertiary/aromatic N) is 3. The molecule has 2 aromatic carbocycles. The van der Waals surface area contributed by atoms with Gasteiger partial charge in [-0.3, -0.25) is 33.8 Å². The van der Waals surface area contributed by atoms with E-state index in [0.29, 0.717) is 100.0 Å². The van der Waals surface area contributed by atoms with E-state index in [0.717, 1.165) is 28.7 Å². The van der Waals surface area contributed by atoms with Crippen LogP contribution in [0.5, 0.6) is 5.75 Å². The number of amides is 6. The number of hydrogen-bond donors (Lipinski definition) is 7. The molecule has 20 heteroatoms. The fourth-order valence-corrected chi connectivity index (χ4v) is 13.0. The number of ether oxygens (including phenoxy) is 1. The molecule has 19 nitrogen and oxygen atoms in total. The van der Waals surface area contributed by atoms with Crippen molar-refractivity contribution >= 4 is 51.4 Å². The molecule has 6 rings (SSSR count). The van der Waals surface area contributed by atoms with Crippen LogP contribution in [0.3, 0.4) is 0 Å². The summed E-state index contributed by atoms with van der Waals surface area (Å²) < 4.78 is 36.5. The molecule has 0 radical (unpaired) electrons. The average Bonchev–Trinajstić information content (AvgIpc) is 4.32. The maximum Gasteiger partial charge on any atom is 0.264 e. The maximum absolute atomic E-state index is 14.7. The van der Waals surface area contributed by atoms with Gasteiger partial charge < -0.3 is 47.3 Å². The van der Waals surface area contributed by atoms with Crippen molar-refractivity contribution in [2.24, 2.45) is 22.4 Å². The smallest absolute Gasteiger partial charge is 0.264 e. The van der Waals surface area contributed by atoms with Crippen molar-refractivity contribution in [3.8, 4) is 5.75 Å². The SMILES string of the molecule is C=CCCCNC(=O)[C@@H]1CCCN1C(=O)[C@H](CCCN=C(N)NS(=O)(=O)c1c(C)c(C)c2c(c1C)CC(C)(C)O2)NC(=O)C1(NC(=O)[C@@H]2CCCN2C(=O)[C@H](Cc2cccc(CC(C)C)c2)NC(=O)[C@@H](N)CCCC=C)CCC1. The van der Waals surface area contributed by atoms with Crippen LogP contribution in [0.1, 0.15) is 151 Å². The summed E-state index contributed by atoms with van der Waals surface area (Å²) in [6.07, 6.45) is 11.4. The number of nitrogens with one attached hydrogen (secondary N) is 5. The van der Waals surface area contributed by atoms with Crippen LogP contribution in [0.4, 0.5) is 0 Å². The molecule has 0 spiro atoms. The molecule has 1 aliphatic carbocycles. The second-order valence-electron chi connectivity index (χ2n) is 23.1. The molecule has 3 aliphatic heterocycles. The zero-order chi connectivity index (χ0) is 57.8. The van der Waals surface area contributed by atoms with Gasteiger partial charge in [0.2, 0.25) is 41.4 Å². The number of benzene rings is 2. The van der Waals surface area contributed by atoms with Crippen LogP contribution in [-0.4, -0.2) is 127 Å². The number of rotatable bonds is 27. The van der Waals surface area contributed by atoms with Crippen molar-refractivity contribution in [2.75, 3.05) is 26.2 Å². The number of carbonyl (C=O) groups excluding carboxylic acids is 6. The third kappa shape index (κ3) is 15.6. The molecule has 2 aromatic rings. The molecule has 0 aromatic heterocycles. The first kappa shape index (κ1) is 61.9. The monoisotopic (exact) mass is 1110 g/mol. The summed E-state index contributed by atoms with van der Waals surface area (Å²) in [5.41, 5.74) is 15.3. The van der Waals surface area contributed by atoms with Gasteiger partial charge in [0.1, 0.15) is 41.1 Å². The van der Waals surface area contributed by atoms with E-state index in [1.807, 2.05) is 45.0 Å². The van der Waals surface area contributed by atoms with E-state index >= 15 is 0 Å². The van der Waals surface area contributed by atoms with E-state index in [1.165, 1.54) is 9.80 Å². The topological polar surface area (TPSA) is 277 Å². The highest BCUT2D eigenvalue weighted by Crippen LogP contribution is 2.44. The van der Waals surface area contributed by atoms with Crippen LogP contribution in [0.25, 0.3) is 0 Å². The van der Waals surface area contributed by atoms with E-state index in [1.54, 1.807) is 26.0 Å². The molecular weight excluding hydrogens is 1020 g/mol. The van der Waals surface area contributed by atoms with Crippen LogP contribution >= 0.6 is 0 Å². The quantitative estimate of drug-likeness (QED) is 0.0274. The summed E-state index contributed by atoms with van der Waals surface area (Å²) >= 11 is 0. The number of aliphatic imine (C=N–C) groups is 1. The molecule has 2 saturated heterocycles. The minimum Gasteiger partial charge on any atom is -0.487 e. The van der Waals surface area contributed by atoms with Gasteiger partial charge in [-0.2, -0.15) is 0 Å². The number of unbranched alkanes of at least 4 members (excludes halogenated alkanes) is 2. The lowest BCUT2D eigenvalue weighted by molar-refractivity contribution is -0.146. The Bertz CT molecular complexity index is 2740. The van der Waals surface area contributed by atoms with Crippen molar-refractivity contribution in [2.45, 2.75) is 204 Å². The molecular formula is C59H88N10O9S. The Morgan fingerprint density at radius 3 is 2.06 bits per heavy atom. The lowest BCUT2D eigenvalue weighted by Gasteiger charge is -2.43. The van der Waals surface area contributed by atoms with E-state index in [-0.39, 0.29) is 68.5 Å². The number of guanidine groups is 1. The van der Waals surface area contributed by atoms with E-state index < -0.39 is 80.9 Å². The number of likely N-dealkylation sites (tertiary alicyclic amines) is 2. The van der Waals surface area contributed by atoms with Crippen LogP contribution in [0, 0.1) is 26.7 Å². The number of fused-ring (bicyclic) bond motifs is 1. The Morgan fingerprint density at radius 2 is 1.44 bits per heavy atom. The minimum absolute atomic E-state index is 0.0239. The van der Waals surface area contributed by atoms with Crippen molar-refractivity contribution in [1.82, 2.24) is 35.8 Å². The van der Waals surface area contributed by atoms with Gasteiger partial charge in [0.25, 0.3) is 10.0 Å². The predicted octanol–water partition coefficient (Wildman–Crippen LogP) is 4.90. The molecule has 79 heavy (non-hydrogen) atoms. The lowest BCUT2D eigenvalue weighted by Crippen LogP contribution is -2.67. The molecule has 3 heterocycles. The summed E-state index contributed by atoms with van der Waals surface area (Å²) in [5.74, 6) is -2.03. The molecule has 1 saturated carbocycles. The van der Waals surface area contributed by atoms with Gasteiger partial charge in [0.05, 0.1) is 10.9 Å². The summed E-state index contributed by atoms with van der Waals surface area (Å²) in [4.78, 5) is 93.1. The van der Waals surface area contributed by atoms with Gasteiger partial charge in [-0.1, -0.05) is 50.3 Å². The number of allylic oxidation sites excluding steroid dienone is 2. The van der Waals surface area contributed by atoms with Crippen LogP contribution in [0.15, 0.2) is 59.5 Å². The molecule has 3 fully saturated rings. The summed E-state index contributed by atoms with van der Waals surface area (Å²) in [5, 5.41) is 11.8. The van der Waals surface area contributed by atoms with Crippen molar-refractivity contribution in [1.29, 1.82) is 0 Å². The molecule has 6 amide bonds. The van der Waals surface area contributed by atoms with Gasteiger partial charge in [0, 0.05) is 44.6 Å². The van der Waals surface area contributed by atoms with E-state index in [2.05, 4.69) is 58.0 Å². The summed E-state index contributed by atoms with van der Waals surface area (Å²) in [6.45, 7) is 21.9. The highest BCUT2D eigenvalue weighted by molar-refractivity contribution is 7.90. The van der Waals surface area contributed by atoms with Crippen molar-refractivity contribution in [3.63, 3.8) is 0 Å². The maximum atomic E-state index is 14.7. The first-order valence-corrected chi connectivity index (χ1v) is 29.9. The largest absolute Gasteiger partial charge is 0.487 e. The van der Waals surface area contributed by atoms with Crippen molar-refractivity contribution in [3.05, 3.63) is 83.0 Å². The Hall–Kier alpha value is -6.28. The predicted molar refractivity (Wildman–Crippen MR) is 306 cm³/mol. The number of carbonyl (C=O) groups is 6. The highest BCUT2D eigenvalue weighted by atomic mass is 32.2. The summed E-state index contributed by atoms with van der Waals surface area (Å²) in [7, 11) is -4.19. The zero-order valence-corrected chi connectivity index (χ0v) is 48.6. The molecule has 0 unspecified atom stereocenters. The first-order chi connectivity index (χ1) is 37.4. The Kier molecular flexibility index (Phi) is 21.4. The second-order valence-corrected chi connectivity index (χ2v) is 24.7. The number of hydrogen-bond acceptors (Lipinski definition) is 11. The first-order valence-electron chi connectivity index (χ1n) is 28.4. The Balaban J connectivity index is 1.18. The Labute approximate surface area is 468 Å². The third-order valence-electron chi connectivity index (χ3n) is 15.9. The second kappa shape index (κ2) is 27.3. The molecule has 4 aliphatic rings. The lowest BCUT2D eigenvalue weighted by atomic mass is 9.75. The van der Waals surface area contributed by atoms with Crippen LogP contribution in [0.2, 0.25) is 0 Å². The fourth-order valence-electron chi connectivity index (χ4n) is 11.4. The minimum atomic E-state index is -4.19. The highest BCUT2D eigenvalue weighted by Gasteiger charge is 2.50. The van der Waals surface area contributed by atoms with Crippen LogP contribution in [-0.2, 0) is 58.1 Å². The van der Waals surface area contributed by atoms with Gasteiger partial charge in [-0.25, -0.2) is 13.1 Å². The average molecular weight is 1110 g/mol. The number of nitrogens with two attached hydrogens (primary N) is 2.